The number of rotatable bonds is 10. The van der Waals surface area contributed by atoms with Gasteiger partial charge in [0, 0.05) is 41.8 Å². The van der Waals surface area contributed by atoms with Crippen molar-refractivity contribution in [2.24, 2.45) is 0 Å². The molecule has 0 atom stereocenters. The Bertz CT molecular complexity index is 766. The van der Waals surface area contributed by atoms with E-state index in [-0.39, 0.29) is 12.3 Å². The second kappa shape index (κ2) is 10.2. The summed E-state index contributed by atoms with van der Waals surface area (Å²) in [5.74, 6) is 1.30. The molecule has 0 bridgehead atoms. The van der Waals surface area contributed by atoms with Crippen molar-refractivity contribution in [3.8, 4) is 11.5 Å². The van der Waals surface area contributed by atoms with Crippen molar-refractivity contribution in [1.29, 1.82) is 0 Å². The van der Waals surface area contributed by atoms with Crippen LogP contribution >= 0.6 is 15.9 Å². The lowest BCUT2D eigenvalue weighted by molar-refractivity contribution is -0.384. The maximum absolute atomic E-state index is 10.8. The van der Waals surface area contributed by atoms with Gasteiger partial charge in [-0.3, -0.25) is 10.1 Å². The van der Waals surface area contributed by atoms with Gasteiger partial charge in [0.1, 0.15) is 6.61 Å². The van der Waals surface area contributed by atoms with Crippen LogP contribution in [0.5, 0.6) is 11.5 Å². The summed E-state index contributed by atoms with van der Waals surface area (Å²) in [6, 6.07) is 10.1. The molecule has 0 saturated heterocycles. The molecule has 0 amide bonds. The number of methoxy groups -OCH3 is 1. The first-order valence-corrected chi connectivity index (χ1v) is 9.28. The molecule has 0 aromatic heterocycles. The molecular weight excluding hydrogens is 414 g/mol. The fourth-order valence-electron chi connectivity index (χ4n) is 2.45. The number of nitrogens with one attached hydrogen (secondary N) is 1. The summed E-state index contributed by atoms with van der Waals surface area (Å²) in [5, 5.41) is 14.2. The number of benzene rings is 2. The van der Waals surface area contributed by atoms with E-state index in [0.717, 1.165) is 28.7 Å². The normalized spacial score (nSPS) is 10.9. The van der Waals surface area contributed by atoms with Crippen LogP contribution < -0.4 is 14.8 Å². The lowest BCUT2D eigenvalue weighted by Crippen LogP contribution is -2.26. The third-order valence-corrected chi connectivity index (χ3v) is 4.70. The quantitative estimate of drug-likeness (QED) is 0.347. The Balaban J connectivity index is 2.13. The van der Waals surface area contributed by atoms with Gasteiger partial charge in [-0.05, 0) is 43.9 Å². The SMILES string of the molecule is COc1ccc(Br)c(CNCCN(C)C)c1OCc1ccc([N+](=O)[O-])cc1. The summed E-state index contributed by atoms with van der Waals surface area (Å²) >= 11 is 3.58. The van der Waals surface area contributed by atoms with Crippen LogP contribution in [0.15, 0.2) is 40.9 Å². The van der Waals surface area contributed by atoms with Crippen molar-refractivity contribution in [2.75, 3.05) is 34.3 Å². The number of ether oxygens (including phenoxy) is 2. The van der Waals surface area contributed by atoms with Crippen LogP contribution in [-0.4, -0.2) is 44.1 Å². The van der Waals surface area contributed by atoms with Gasteiger partial charge >= 0.3 is 0 Å². The highest BCUT2D eigenvalue weighted by molar-refractivity contribution is 9.10. The van der Waals surface area contributed by atoms with Gasteiger partial charge < -0.3 is 19.7 Å². The van der Waals surface area contributed by atoms with E-state index in [1.54, 1.807) is 19.2 Å². The van der Waals surface area contributed by atoms with Crippen LogP contribution in [-0.2, 0) is 13.2 Å². The zero-order valence-corrected chi connectivity index (χ0v) is 17.3. The average Bonchev–Trinajstić information content (AvgIpc) is 2.65. The fraction of sp³-hybridized carbons (Fsp3) is 0.368. The van der Waals surface area contributed by atoms with Crippen LogP contribution in [0.25, 0.3) is 0 Å². The average molecular weight is 438 g/mol. The van der Waals surface area contributed by atoms with Gasteiger partial charge in [-0.1, -0.05) is 15.9 Å². The third-order valence-electron chi connectivity index (χ3n) is 3.96. The van der Waals surface area contributed by atoms with Gasteiger partial charge in [0.15, 0.2) is 11.5 Å². The highest BCUT2D eigenvalue weighted by Crippen LogP contribution is 2.36. The largest absolute Gasteiger partial charge is 0.493 e. The summed E-state index contributed by atoms with van der Waals surface area (Å²) in [6.07, 6.45) is 0. The Labute approximate surface area is 167 Å². The fourth-order valence-corrected chi connectivity index (χ4v) is 2.90. The maximum atomic E-state index is 10.8. The second-order valence-corrected chi connectivity index (χ2v) is 7.10. The smallest absolute Gasteiger partial charge is 0.269 e. The number of hydrogen-bond acceptors (Lipinski definition) is 6. The van der Waals surface area contributed by atoms with E-state index < -0.39 is 4.92 Å². The number of likely N-dealkylation sites (N-methyl/N-ethyl adjacent to an activating group) is 1. The van der Waals surface area contributed by atoms with Gasteiger partial charge in [-0.2, -0.15) is 0 Å². The minimum atomic E-state index is -0.417. The lowest BCUT2D eigenvalue weighted by Gasteiger charge is -2.18. The van der Waals surface area contributed by atoms with Crippen LogP contribution in [0.2, 0.25) is 0 Å². The molecule has 0 aliphatic carbocycles. The zero-order chi connectivity index (χ0) is 19.8. The Kier molecular flexibility index (Phi) is 8.02. The molecule has 2 rings (SSSR count). The first-order chi connectivity index (χ1) is 12.9. The minimum Gasteiger partial charge on any atom is -0.493 e. The molecule has 0 fully saturated rings. The van der Waals surface area contributed by atoms with Gasteiger partial charge in [0.25, 0.3) is 5.69 Å². The summed E-state index contributed by atoms with van der Waals surface area (Å²) in [5.41, 5.74) is 1.87. The minimum absolute atomic E-state index is 0.0598. The Hall–Kier alpha value is -2.16. The van der Waals surface area contributed by atoms with E-state index >= 15 is 0 Å². The van der Waals surface area contributed by atoms with Crippen LogP contribution in [0, 0.1) is 10.1 Å². The predicted octanol–water partition coefficient (Wildman–Crippen LogP) is 3.60. The first kappa shape index (κ1) is 21.1. The Morgan fingerprint density at radius 2 is 1.89 bits per heavy atom. The molecule has 2 aromatic rings. The molecule has 27 heavy (non-hydrogen) atoms. The predicted molar refractivity (Wildman–Crippen MR) is 108 cm³/mol. The molecule has 0 radical (unpaired) electrons. The molecule has 0 spiro atoms. The van der Waals surface area contributed by atoms with Crippen molar-refractivity contribution < 1.29 is 14.4 Å². The molecule has 0 heterocycles. The van der Waals surface area contributed by atoms with Gasteiger partial charge in [-0.25, -0.2) is 0 Å². The molecule has 0 unspecified atom stereocenters. The van der Waals surface area contributed by atoms with Crippen molar-refractivity contribution in [1.82, 2.24) is 10.2 Å². The number of hydrogen-bond donors (Lipinski definition) is 1. The number of nitrogens with zero attached hydrogens (tertiary/aromatic N) is 2. The van der Waals surface area contributed by atoms with Crippen LogP contribution in [0.1, 0.15) is 11.1 Å². The van der Waals surface area contributed by atoms with Crippen molar-refractivity contribution in [3.05, 3.63) is 62.1 Å². The lowest BCUT2D eigenvalue weighted by atomic mass is 10.1. The highest BCUT2D eigenvalue weighted by atomic mass is 79.9. The van der Waals surface area contributed by atoms with Gasteiger partial charge in [0.2, 0.25) is 0 Å². The summed E-state index contributed by atoms with van der Waals surface area (Å²) in [7, 11) is 5.66. The van der Waals surface area contributed by atoms with E-state index in [2.05, 4.69) is 26.1 Å². The Morgan fingerprint density at radius 1 is 1.19 bits per heavy atom. The molecule has 146 valence electrons. The summed E-state index contributed by atoms with van der Waals surface area (Å²) < 4.78 is 12.4. The van der Waals surface area contributed by atoms with Crippen molar-refractivity contribution in [3.63, 3.8) is 0 Å². The molecule has 8 heteroatoms. The van der Waals surface area contributed by atoms with E-state index in [1.807, 2.05) is 26.2 Å². The highest BCUT2D eigenvalue weighted by Gasteiger charge is 2.15. The molecule has 2 aromatic carbocycles. The van der Waals surface area contributed by atoms with E-state index in [4.69, 9.17) is 9.47 Å². The van der Waals surface area contributed by atoms with Crippen LogP contribution in [0.4, 0.5) is 5.69 Å². The van der Waals surface area contributed by atoms with Gasteiger partial charge in [0.05, 0.1) is 12.0 Å². The third kappa shape index (κ3) is 6.20. The van der Waals surface area contributed by atoms with E-state index in [9.17, 15) is 10.1 Å². The molecule has 0 aliphatic heterocycles. The van der Waals surface area contributed by atoms with Crippen LogP contribution in [0.3, 0.4) is 0 Å². The molecular formula is C19H24BrN3O4. The summed E-state index contributed by atoms with van der Waals surface area (Å²) in [4.78, 5) is 12.5. The molecule has 7 nitrogen and oxygen atoms in total. The van der Waals surface area contributed by atoms with Gasteiger partial charge in [-0.15, -0.1) is 0 Å². The molecule has 0 saturated carbocycles. The van der Waals surface area contributed by atoms with Crippen molar-refractivity contribution in [2.45, 2.75) is 13.2 Å². The number of non-ortho nitro benzene ring substituents is 1. The molecule has 0 aliphatic rings. The molecule has 1 N–H and O–H groups in total. The monoisotopic (exact) mass is 437 g/mol. The zero-order valence-electron chi connectivity index (χ0n) is 15.7. The van der Waals surface area contributed by atoms with E-state index in [0.29, 0.717) is 18.0 Å². The maximum Gasteiger partial charge on any atom is 0.269 e. The topological polar surface area (TPSA) is 76.9 Å². The van der Waals surface area contributed by atoms with E-state index in [1.165, 1.54) is 12.1 Å². The standard InChI is InChI=1S/C19H24BrN3O4/c1-22(2)11-10-21-12-16-17(20)8-9-18(26-3)19(16)27-13-14-4-6-15(7-5-14)23(24)25/h4-9,21H,10-13H2,1-3H3. The number of halogens is 1. The summed E-state index contributed by atoms with van der Waals surface area (Å²) in [6.45, 7) is 2.69. The number of nitro groups is 1. The first-order valence-electron chi connectivity index (χ1n) is 8.49. The van der Waals surface area contributed by atoms with Crippen molar-refractivity contribution >= 4 is 21.6 Å². The second-order valence-electron chi connectivity index (χ2n) is 6.25. The Morgan fingerprint density at radius 3 is 2.48 bits per heavy atom. The number of nitro benzene ring substituents is 1.